The number of carbonyl (C=O) groups is 1. The fourth-order valence-corrected chi connectivity index (χ4v) is 4.26. The Hall–Kier alpha value is -1.43. The van der Waals surface area contributed by atoms with Crippen molar-refractivity contribution in [3.05, 3.63) is 35.4 Å². The standard InChI is InChI=1S/C20H28O5/c1-18(2,17(22)23)25-13-14-4-6-15(7-5-14)20-10-8-19(24-3,9-11-20)12-16(20)21/h4-7,16,21H,8-13H2,1-3H3,(H,22,23). The molecule has 25 heavy (non-hydrogen) atoms. The number of hydrogen-bond acceptors (Lipinski definition) is 4. The van der Waals surface area contributed by atoms with E-state index < -0.39 is 11.6 Å². The van der Waals surface area contributed by atoms with Gasteiger partial charge in [-0.2, -0.15) is 0 Å². The SMILES string of the molecule is COC12CCC(c3ccc(COC(C)(C)C(=O)O)cc3)(CC1)C(O)C2. The number of carboxylic acids is 1. The highest BCUT2D eigenvalue weighted by Crippen LogP contribution is 2.54. The topological polar surface area (TPSA) is 76.0 Å². The van der Waals surface area contributed by atoms with Gasteiger partial charge in [-0.25, -0.2) is 4.79 Å². The van der Waals surface area contributed by atoms with Crippen molar-refractivity contribution >= 4 is 5.97 Å². The predicted molar refractivity (Wildman–Crippen MR) is 93.5 cm³/mol. The van der Waals surface area contributed by atoms with E-state index in [9.17, 15) is 9.90 Å². The summed E-state index contributed by atoms with van der Waals surface area (Å²) in [7, 11) is 1.75. The second kappa shape index (κ2) is 6.38. The van der Waals surface area contributed by atoms with Crippen LogP contribution < -0.4 is 0 Å². The van der Waals surface area contributed by atoms with Crippen molar-refractivity contribution in [1.29, 1.82) is 0 Å². The van der Waals surface area contributed by atoms with E-state index in [2.05, 4.69) is 12.1 Å². The monoisotopic (exact) mass is 348 g/mol. The lowest BCUT2D eigenvalue weighted by atomic mass is 9.54. The molecule has 0 radical (unpaired) electrons. The van der Waals surface area contributed by atoms with Crippen molar-refractivity contribution in [2.75, 3.05) is 7.11 Å². The van der Waals surface area contributed by atoms with E-state index >= 15 is 0 Å². The number of fused-ring (bicyclic) bond motifs is 3. The van der Waals surface area contributed by atoms with Crippen LogP contribution in [0.25, 0.3) is 0 Å². The minimum absolute atomic E-state index is 0.142. The zero-order chi connectivity index (χ0) is 18.3. The fourth-order valence-electron chi connectivity index (χ4n) is 4.26. The molecule has 3 saturated carbocycles. The molecular formula is C20H28O5. The van der Waals surface area contributed by atoms with E-state index in [0.717, 1.165) is 36.8 Å². The smallest absolute Gasteiger partial charge is 0.335 e. The Bertz CT molecular complexity index is 626. The van der Waals surface area contributed by atoms with Crippen LogP contribution in [-0.2, 0) is 26.3 Å². The molecule has 0 heterocycles. The minimum atomic E-state index is -1.20. The molecule has 1 unspecified atom stereocenters. The van der Waals surface area contributed by atoms with Crippen LogP contribution in [0.3, 0.4) is 0 Å². The molecule has 138 valence electrons. The van der Waals surface area contributed by atoms with Gasteiger partial charge in [0.1, 0.15) is 0 Å². The molecular weight excluding hydrogens is 320 g/mol. The number of aliphatic hydroxyl groups is 1. The number of ether oxygens (including phenoxy) is 2. The van der Waals surface area contributed by atoms with E-state index in [4.69, 9.17) is 14.6 Å². The average Bonchev–Trinajstić information content (AvgIpc) is 2.61. The molecule has 1 atom stereocenters. The van der Waals surface area contributed by atoms with Crippen molar-refractivity contribution in [3.63, 3.8) is 0 Å². The first-order valence-corrected chi connectivity index (χ1v) is 8.93. The second-order valence-corrected chi connectivity index (χ2v) is 8.06. The summed E-state index contributed by atoms with van der Waals surface area (Å²) in [6.45, 7) is 3.35. The Morgan fingerprint density at radius 2 is 1.80 bits per heavy atom. The molecule has 3 aliphatic carbocycles. The first-order valence-electron chi connectivity index (χ1n) is 8.93. The molecule has 4 rings (SSSR count). The first kappa shape index (κ1) is 18.4. The molecule has 2 bridgehead atoms. The first-order chi connectivity index (χ1) is 11.7. The van der Waals surface area contributed by atoms with Gasteiger partial charge in [-0.1, -0.05) is 24.3 Å². The maximum Gasteiger partial charge on any atom is 0.335 e. The van der Waals surface area contributed by atoms with Gasteiger partial charge in [0, 0.05) is 18.9 Å². The molecule has 5 nitrogen and oxygen atoms in total. The number of methoxy groups -OCH3 is 1. The minimum Gasteiger partial charge on any atom is -0.479 e. The summed E-state index contributed by atoms with van der Waals surface area (Å²) >= 11 is 0. The van der Waals surface area contributed by atoms with Crippen molar-refractivity contribution in [2.24, 2.45) is 0 Å². The Kier molecular flexibility index (Phi) is 4.69. The van der Waals surface area contributed by atoms with Gasteiger partial charge in [0.2, 0.25) is 0 Å². The molecule has 0 amide bonds. The van der Waals surface area contributed by atoms with Crippen LogP contribution >= 0.6 is 0 Å². The lowest BCUT2D eigenvalue weighted by Crippen LogP contribution is -2.57. The van der Waals surface area contributed by atoms with Crippen LogP contribution in [0.15, 0.2) is 24.3 Å². The van der Waals surface area contributed by atoms with Gasteiger partial charge in [0.25, 0.3) is 0 Å². The van der Waals surface area contributed by atoms with E-state index in [0.29, 0.717) is 6.42 Å². The summed E-state index contributed by atoms with van der Waals surface area (Å²) in [6.07, 6.45) is 4.15. The Morgan fingerprint density at radius 1 is 1.20 bits per heavy atom. The second-order valence-electron chi connectivity index (χ2n) is 8.06. The average molecular weight is 348 g/mol. The molecule has 0 spiro atoms. The lowest BCUT2D eigenvalue weighted by molar-refractivity contribution is -0.162. The van der Waals surface area contributed by atoms with Crippen LogP contribution in [-0.4, -0.2) is 40.6 Å². The zero-order valence-corrected chi connectivity index (χ0v) is 15.2. The third kappa shape index (κ3) is 3.21. The quantitative estimate of drug-likeness (QED) is 0.826. The maximum atomic E-state index is 11.1. The Labute approximate surface area is 149 Å². The number of aliphatic carboxylic acids is 1. The molecule has 1 aromatic rings. The van der Waals surface area contributed by atoms with Crippen molar-refractivity contribution < 1.29 is 24.5 Å². The van der Waals surface area contributed by atoms with Gasteiger partial charge in [0.15, 0.2) is 5.60 Å². The van der Waals surface area contributed by atoms with Gasteiger partial charge in [-0.15, -0.1) is 0 Å². The number of aliphatic hydroxyl groups excluding tert-OH is 1. The van der Waals surface area contributed by atoms with Crippen molar-refractivity contribution in [3.8, 4) is 0 Å². The Morgan fingerprint density at radius 3 is 2.28 bits per heavy atom. The van der Waals surface area contributed by atoms with Gasteiger partial charge < -0.3 is 19.7 Å². The van der Waals surface area contributed by atoms with Crippen LogP contribution in [0.5, 0.6) is 0 Å². The van der Waals surface area contributed by atoms with Crippen LogP contribution in [0.4, 0.5) is 0 Å². The maximum absolute atomic E-state index is 11.1. The number of carboxylic acid groups (broad SMARTS) is 1. The normalized spacial score (nSPS) is 31.9. The van der Waals surface area contributed by atoms with E-state index in [1.807, 2.05) is 12.1 Å². The van der Waals surface area contributed by atoms with Crippen LogP contribution in [0, 0.1) is 0 Å². The van der Waals surface area contributed by atoms with Crippen LogP contribution in [0.2, 0.25) is 0 Å². The molecule has 3 fully saturated rings. The molecule has 3 aliphatic rings. The molecule has 0 saturated heterocycles. The zero-order valence-electron chi connectivity index (χ0n) is 15.2. The van der Waals surface area contributed by atoms with E-state index in [1.165, 1.54) is 0 Å². The summed E-state index contributed by atoms with van der Waals surface area (Å²) in [6, 6.07) is 8.06. The largest absolute Gasteiger partial charge is 0.479 e. The van der Waals surface area contributed by atoms with Gasteiger partial charge in [0.05, 0.1) is 18.3 Å². The number of benzene rings is 1. The molecule has 0 aliphatic heterocycles. The van der Waals surface area contributed by atoms with Crippen molar-refractivity contribution in [2.45, 2.75) is 75.3 Å². The summed E-state index contributed by atoms with van der Waals surface area (Å²) in [4.78, 5) is 11.1. The highest BCUT2D eigenvalue weighted by Gasteiger charge is 2.55. The van der Waals surface area contributed by atoms with E-state index in [1.54, 1.807) is 21.0 Å². The molecule has 1 aromatic carbocycles. The summed E-state index contributed by atoms with van der Waals surface area (Å²) < 4.78 is 11.2. The summed E-state index contributed by atoms with van der Waals surface area (Å²) in [5, 5.41) is 19.9. The summed E-state index contributed by atoms with van der Waals surface area (Å²) in [5.74, 6) is -0.975. The third-order valence-corrected chi connectivity index (χ3v) is 6.33. The van der Waals surface area contributed by atoms with Gasteiger partial charge in [-0.3, -0.25) is 0 Å². The number of hydrogen-bond donors (Lipinski definition) is 2. The number of rotatable bonds is 6. The van der Waals surface area contributed by atoms with E-state index in [-0.39, 0.29) is 23.7 Å². The van der Waals surface area contributed by atoms with Gasteiger partial charge >= 0.3 is 5.97 Å². The van der Waals surface area contributed by atoms with Crippen molar-refractivity contribution in [1.82, 2.24) is 0 Å². The van der Waals surface area contributed by atoms with Gasteiger partial charge in [-0.05, 0) is 50.7 Å². The van der Waals surface area contributed by atoms with Crippen LogP contribution in [0.1, 0.15) is 57.1 Å². The highest BCUT2D eigenvalue weighted by molar-refractivity contribution is 5.76. The Balaban J connectivity index is 1.72. The summed E-state index contributed by atoms with van der Waals surface area (Å²) in [5.41, 5.74) is 0.564. The fraction of sp³-hybridized carbons (Fsp3) is 0.650. The molecule has 0 aromatic heterocycles. The third-order valence-electron chi connectivity index (χ3n) is 6.33. The lowest BCUT2D eigenvalue weighted by Gasteiger charge is -2.55. The predicted octanol–water partition coefficient (Wildman–Crippen LogP) is 3.03. The molecule has 2 N–H and O–H groups in total. The molecule has 5 heteroatoms. The highest BCUT2D eigenvalue weighted by atomic mass is 16.5.